The molecule has 0 aromatic heterocycles. The third kappa shape index (κ3) is 58.3. The van der Waals surface area contributed by atoms with E-state index in [9.17, 15) is 20.4 Å². The lowest BCUT2D eigenvalue weighted by atomic mass is 10.0. The average molecular weight is 1250 g/mol. The standard InChI is InChI=1S/C78H152N2O8/c1-5-9-13-17-21-25-29-33-37-41-45-49-53-61-85-69-75(81)65-79(66-76(82)70-86-62-54-50-46-42-38-34-30-26-22-18-14-10-6-2)73-57-59-74(60-58-73)80(67-77(83)71-87-63-55-51-47-43-39-35-31-27-23-19-15-11-7-3)68-78(84)72-88-64-56-52-48-44-40-36-32-28-24-20-16-12-8-4/h57-60,75-78,81-84H,5-56,61-72H2,1-4H3. The lowest BCUT2D eigenvalue weighted by molar-refractivity contribution is 0.0282. The molecule has 10 nitrogen and oxygen atoms in total. The maximum atomic E-state index is 11.4. The van der Waals surface area contributed by atoms with Crippen LogP contribution < -0.4 is 9.80 Å². The Bertz CT molecular complexity index is 1280. The molecule has 0 spiro atoms. The van der Waals surface area contributed by atoms with Crippen LogP contribution in [0.2, 0.25) is 0 Å². The minimum Gasteiger partial charge on any atom is -0.389 e. The van der Waals surface area contributed by atoms with Crippen molar-refractivity contribution < 1.29 is 39.4 Å². The maximum absolute atomic E-state index is 11.4. The average Bonchev–Trinajstić information content (AvgIpc) is 3.60. The molecule has 88 heavy (non-hydrogen) atoms. The van der Waals surface area contributed by atoms with Gasteiger partial charge >= 0.3 is 0 Å². The maximum Gasteiger partial charge on any atom is 0.0948 e. The van der Waals surface area contributed by atoms with E-state index < -0.39 is 24.4 Å². The van der Waals surface area contributed by atoms with Gasteiger partial charge in [-0.15, -0.1) is 0 Å². The minimum atomic E-state index is -0.734. The van der Waals surface area contributed by atoms with Crippen molar-refractivity contribution >= 4 is 11.4 Å². The molecule has 0 heterocycles. The number of ether oxygens (including phenoxy) is 4. The fourth-order valence-corrected chi connectivity index (χ4v) is 12.4. The van der Waals surface area contributed by atoms with Crippen LogP contribution in [0.15, 0.2) is 24.3 Å². The molecule has 1 rings (SSSR count). The molecule has 0 radical (unpaired) electrons. The second-order valence-corrected chi connectivity index (χ2v) is 27.2. The molecule has 10 heteroatoms. The number of rotatable bonds is 74. The van der Waals surface area contributed by atoms with Crippen molar-refractivity contribution in [1.29, 1.82) is 0 Å². The Morgan fingerprint density at radius 1 is 0.227 bits per heavy atom. The Balaban J connectivity index is 2.86. The number of aliphatic hydroxyl groups is 4. The summed E-state index contributed by atoms with van der Waals surface area (Å²) in [4.78, 5) is 4.09. The summed E-state index contributed by atoms with van der Waals surface area (Å²) in [6, 6.07) is 8.11. The molecule has 0 aliphatic heterocycles. The first-order valence-corrected chi connectivity index (χ1v) is 39.0. The highest BCUT2D eigenvalue weighted by Crippen LogP contribution is 2.24. The molecular weight excluding hydrogens is 1090 g/mol. The van der Waals surface area contributed by atoms with Crippen LogP contribution in [-0.2, 0) is 18.9 Å². The molecule has 0 saturated heterocycles. The highest BCUT2D eigenvalue weighted by Gasteiger charge is 2.21. The van der Waals surface area contributed by atoms with Crippen LogP contribution in [0.1, 0.15) is 362 Å². The van der Waals surface area contributed by atoms with Crippen molar-refractivity contribution in [3.05, 3.63) is 24.3 Å². The van der Waals surface area contributed by atoms with Crippen LogP contribution in [0.4, 0.5) is 11.4 Å². The zero-order valence-electron chi connectivity index (χ0n) is 59.2. The molecular formula is C78H152N2O8. The third-order valence-corrected chi connectivity index (χ3v) is 18.1. The summed E-state index contributed by atoms with van der Waals surface area (Å²) in [5.41, 5.74) is 1.75. The Morgan fingerprint density at radius 2 is 0.364 bits per heavy atom. The van der Waals surface area contributed by atoms with Crippen molar-refractivity contribution in [2.75, 3.05) is 88.8 Å². The number of hydrogen-bond acceptors (Lipinski definition) is 10. The number of anilines is 2. The molecule has 0 aliphatic carbocycles. The largest absolute Gasteiger partial charge is 0.389 e. The first-order chi connectivity index (χ1) is 43.3. The number of benzene rings is 1. The lowest BCUT2D eigenvalue weighted by Crippen LogP contribution is -2.42. The number of hydrogen-bond donors (Lipinski definition) is 4. The normalized spacial score (nSPS) is 13.2. The number of unbranched alkanes of at least 4 members (excludes halogenated alkanes) is 48. The van der Waals surface area contributed by atoms with Crippen molar-refractivity contribution in [3.63, 3.8) is 0 Å². The minimum absolute atomic E-state index is 0.241. The van der Waals surface area contributed by atoms with Crippen molar-refractivity contribution in [2.24, 2.45) is 0 Å². The summed E-state index contributed by atoms with van der Waals surface area (Å²) in [6.07, 6.45) is 65.0. The van der Waals surface area contributed by atoms with Crippen LogP contribution >= 0.6 is 0 Å². The topological polar surface area (TPSA) is 124 Å². The fourth-order valence-electron chi connectivity index (χ4n) is 12.4. The number of nitrogens with zero attached hydrogens (tertiary/aromatic N) is 2. The van der Waals surface area contributed by atoms with Crippen LogP contribution in [0.25, 0.3) is 0 Å². The molecule has 1 aromatic carbocycles. The van der Waals surface area contributed by atoms with Crippen molar-refractivity contribution in [3.8, 4) is 0 Å². The molecule has 0 amide bonds. The molecule has 0 bridgehead atoms. The van der Waals surface area contributed by atoms with E-state index in [1.54, 1.807) is 0 Å². The summed E-state index contributed by atoms with van der Waals surface area (Å²) in [6.45, 7) is 13.9. The predicted molar refractivity (Wildman–Crippen MR) is 381 cm³/mol. The fraction of sp³-hybridized carbons (Fsp3) is 0.923. The Kier molecular flexibility index (Phi) is 65.7. The van der Waals surface area contributed by atoms with Gasteiger partial charge in [-0.25, -0.2) is 0 Å². The van der Waals surface area contributed by atoms with Crippen molar-refractivity contribution in [2.45, 2.75) is 386 Å². The first kappa shape index (κ1) is 84.5. The quantitative estimate of drug-likeness (QED) is 0.0469. The van der Waals surface area contributed by atoms with Gasteiger partial charge in [-0.05, 0) is 49.9 Å². The molecule has 0 fully saturated rings. The van der Waals surface area contributed by atoms with E-state index >= 15 is 0 Å². The zero-order chi connectivity index (χ0) is 63.5. The Morgan fingerprint density at radius 3 is 0.511 bits per heavy atom. The van der Waals surface area contributed by atoms with Crippen LogP contribution in [0.5, 0.6) is 0 Å². The van der Waals surface area contributed by atoms with E-state index in [2.05, 4.69) is 27.7 Å². The monoisotopic (exact) mass is 1250 g/mol. The summed E-state index contributed by atoms with van der Waals surface area (Å²) in [5.74, 6) is 0. The molecule has 4 unspecified atom stereocenters. The van der Waals surface area contributed by atoms with E-state index in [1.165, 1.54) is 283 Å². The Hall–Kier alpha value is -1.50. The van der Waals surface area contributed by atoms with Gasteiger partial charge < -0.3 is 49.2 Å². The van der Waals surface area contributed by atoms with E-state index in [-0.39, 0.29) is 26.4 Å². The summed E-state index contributed by atoms with van der Waals surface area (Å²) in [7, 11) is 0. The van der Waals surface area contributed by atoms with Gasteiger partial charge in [0.25, 0.3) is 0 Å². The van der Waals surface area contributed by atoms with Gasteiger partial charge in [0.05, 0.1) is 50.8 Å². The molecule has 0 saturated carbocycles. The van der Waals surface area contributed by atoms with Gasteiger partial charge in [0.15, 0.2) is 0 Å². The summed E-state index contributed by atoms with van der Waals surface area (Å²) in [5, 5.41) is 45.6. The Labute approximate surface area is 547 Å². The van der Waals surface area contributed by atoms with Gasteiger partial charge in [-0.3, -0.25) is 0 Å². The van der Waals surface area contributed by atoms with E-state index in [1.807, 2.05) is 34.1 Å². The zero-order valence-corrected chi connectivity index (χ0v) is 59.2. The highest BCUT2D eigenvalue weighted by atomic mass is 16.5. The lowest BCUT2D eigenvalue weighted by Gasteiger charge is -2.32. The molecule has 522 valence electrons. The molecule has 4 N–H and O–H groups in total. The smallest absolute Gasteiger partial charge is 0.0948 e. The SMILES string of the molecule is CCCCCCCCCCCCCCCOCC(O)CN(CC(O)COCCCCCCCCCCCCCCC)c1ccc(N(CC(O)COCCCCCCCCCCCCCCC)CC(O)COCCCCCCCCCCCCCCC)cc1. The summed E-state index contributed by atoms with van der Waals surface area (Å²) < 4.78 is 24.2. The summed E-state index contributed by atoms with van der Waals surface area (Å²) >= 11 is 0. The predicted octanol–water partition coefficient (Wildman–Crippen LogP) is 21.2. The second kappa shape index (κ2) is 68.4. The molecule has 0 aliphatic rings. The molecule has 4 atom stereocenters. The van der Waals surface area contributed by atoms with Crippen LogP contribution in [-0.4, -0.2) is 124 Å². The van der Waals surface area contributed by atoms with Gasteiger partial charge in [-0.1, -0.05) is 336 Å². The highest BCUT2D eigenvalue weighted by molar-refractivity contribution is 5.57. The first-order valence-electron chi connectivity index (χ1n) is 39.0. The van der Waals surface area contributed by atoms with Crippen LogP contribution in [0.3, 0.4) is 0 Å². The second-order valence-electron chi connectivity index (χ2n) is 27.2. The van der Waals surface area contributed by atoms with E-state index in [4.69, 9.17) is 18.9 Å². The van der Waals surface area contributed by atoms with Gasteiger partial charge in [0, 0.05) is 64.0 Å². The van der Waals surface area contributed by atoms with Gasteiger partial charge in [0.1, 0.15) is 0 Å². The van der Waals surface area contributed by atoms with E-state index in [0.29, 0.717) is 52.6 Å². The molecule has 1 aromatic rings. The number of aliphatic hydroxyl groups excluding tert-OH is 4. The van der Waals surface area contributed by atoms with E-state index in [0.717, 1.165) is 62.7 Å². The van der Waals surface area contributed by atoms with Gasteiger partial charge in [0.2, 0.25) is 0 Å². The van der Waals surface area contributed by atoms with Gasteiger partial charge in [-0.2, -0.15) is 0 Å². The third-order valence-electron chi connectivity index (χ3n) is 18.1. The van der Waals surface area contributed by atoms with Crippen LogP contribution in [0, 0.1) is 0 Å². The van der Waals surface area contributed by atoms with Crippen molar-refractivity contribution in [1.82, 2.24) is 0 Å².